The zero-order chi connectivity index (χ0) is 11.5. The van der Waals surface area contributed by atoms with Gasteiger partial charge in [-0.25, -0.2) is 0 Å². The Labute approximate surface area is 102 Å². The van der Waals surface area contributed by atoms with E-state index >= 15 is 0 Å². The number of carbonyl (C=O) groups is 1. The number of phenols is 1. The molecule has 0 fully saturated rings. The van der Waals surface area contributed by atoms with E-state index in [-0.39, 0.29) is 16.7 Å². The second-order valence-corrected chi connectivity index (χ2v) is 4.65. The molecule has 0 radical (unpaired) electrons. The Morgan fingerprint density at radius 3 is 3.00 bits per heavy atom. The Hall–Kier alpha value is -1.20. The van der Waals surface area contributed by atoms with E-state index < -0.39 is 0 Å². The molecule has 1 heterocycles. The number of nitrogens with zero attached hydrogens (tertiary/aromatic N) is 1. The van der Waals surface area contributed by atoms with Gasteiger partial charge in [0.1, 0.15) is 5.75 Å². The molecule has 2 N–H and O–H groups in total. The van der Waals surface area contributed by atoms with Gasteiger partial charge in [0.25, 0.3) is 5.91 Å². The molecule has 1 amide bonds. The zero-order valence-corrected chi connectivity index (χ0v) is 9.81. The minimum Gasteiger partial charge on any atom is -0.506 e. The van der Waals surface area contributed by atoms with E-state index in [1.165, 1.54) is 30.0 Å². The molecule has 16 heavy (non-hydrogen) atoms. The fraction of sp³-hybridized carbons (Fsp3) is 0.200. The monoisotopic (exact) mass is 256 g/mol. The van der Waals surface area contributed by atoms with Crippen molar-refractivity contribution in [3.63, 3.8) is 0 Å². The van der Waals surface area contributed by atoms with Crippen LogP contribution in [0.5, 0.6) is 5.75 Å². The second-order valence-electron chi connectivity index (χ2n) is 3.16. The highest BCUT2D eigenvalue weighted by atomic mass is 35.5. The number of hydrogen-bond donors (Lipinski definition) is 2. The largest absolute Gasteiger partial charge is 0.506 e. The molecule has 0 aliphatic carbocycles. The summed E-state index contributed by atoms with van der Waals surface area (Å²) >= 11 is 7.22. The molecule has 6 heteroatoms. The van der Waals surface area contributed by atoms with Crippen LogP contribution >= 0.6 is 23.4 Å². The number of aliphatic imine (C=N–C) groups is 1. The minimum absolute atomic E-state index is 0.0363. The summed E-state index contributed by atoms with van der Waals surface area (Å²) in [6, 6.07) is 4.32. The first-order chi connectivity index (χ1) is 7.66. The number of nitrogens with one attached hydrogen (secondary N) is 1. The van der Waals surface area contributed by atoms with Crippen LogP contribution in [0.3, 0.4) is 0 Å². The van der Waals surface area contributed by atoms with Crippen molar-refractivity contribution in [1.82, 2.24) is 5.32 Å². The van der Waals surface area contributed by atoms with Gasteiger partial charge in [-0.1, -0.05) is 23.4 Å². The zero-order valence-electron chi connectivity index (χ0n) is 8.24. The maximum atomic E-state index is 11.7. The predicted octanol–water partition coefficient (Wildman–Crippen LogP) is 1.88. The number of amidine groups is 1. The van der Waals surface area contributed by atoms with Crippen LogP contribution in [0.2, 0.25) is 5.02 Å². The molecule has 0 unspecified atom stereocenters. The first-order valence-electron chi connectivity index (χ1n) is 4.64. The summed E-state index contributed by atoms with van der Waals surface area (Å²) < 4.78 is 0. The minimum atomic E-state index is -0.268. The molecule has 1 aromatic rings. The summed E-state index contributed by atoms with van der Waals surface area (Å²) in [7, 11) is 0. The quantitative estimate of drug-likeness (QED) is 0.807. The number of benzene rings is 1. The van der Waals surface area contributed by atoms with Crippen LogP contribution in [0.25, 0.3) is 0 Å². The third-order valence-electron chi connectivity index (χ3n) is 2.02. The molecular weight excluding hydrogens is 248 g/mol. The summed E-state index contributed by atoms with van der Waals surface area (Å²) in [5.41, 5.74) is 0.401. The van der Waals surface area contributed by atoms with Crippen molar-refractivity contribution >= 4 is 34.4 Å². The lowest BCUT2D eigenvalue weighted by molar-refractivity contribution is 0.0978. The number of rotatable bonds is 1. The van der Waals surface area contributed by atoms with Crippen molar-refractivity contribution in [1.29, 1.82) is 0 Å². The highest BCUT2D eigenvalue weighted by molar-refractivity contribution is 8.14. The summed E-state index contributed by atoms with van der Waals surface area (Å²) in [6.07, 6.45) is 0. The normalized spacial score (nSPS) is 14.7. The summed E-state index contributed by atoms with van der Waals surface area (Å²) in [5, 5.41) is 12.7. The van der Waals surface area contributed by atoms with Crippen LogP contribution in [0.4, 0.5) is 0 Å². The van der Waals surface area contributed by atoms with Crippen molar-refractivity contribution < 1.29 is 9.90 Å². The average Bonchev–Trinajstić information content (AvgIpc) is 2.74. The molecule has 0 atom stereocenters. The van der Waals surface area contributed by atoms with E-state index in [9.17, 15) is 9.90 Å². The number of aromatic hydroxyl groups is 1. The van der Waals surface area contributed by atoms with Gasteiger partial charge in [-0.05, 0) is 18.2 Å². The van der Waals surface area contributed by atoms with E-state index in [0.717, 1.165) is 12.3 Å². The first-order valence-corrected chi connectivity index (χ1v) is 6.00. The van der Waals surface area contributed by atoms with Crippen LogP contribution in [-0.4, -0.2) is 28.5 Å². The van der Waals surface area contributed by atoms with Gasteiger partial charge < -0.3 is 10.4 Å². The molecule has 0 aromatic heterocycles. The van der Waals surface area contributed by atoms with E-state index in [1.54, 1.807) is 0 Å². The van der Waals surface area contributed by atoms with Gasteiger partial charge in [-0.3, -0.25) is 9.79 Å². The van der Waals surface area contributed by atoms with Gasteiger partial charge in [-0.15, -0.1) is 0 Å². The van der Waals surface area contributed by atoms with E-state index in [2.05, 4.69) is 10.3 Å². The summed E-state index contributed by atoms with van der Waals surface area (Å²) in [4.78, 5) is 15.8. The average molecular weight is 257 g/mol. The van der Waals surface area contributed by atoms with Gasteiger partial charge in [0.2, 0.25) is 0 Å². The number of carbonyl (C=O) groups excluding carboxylic acids is 1. The summed E-state index contributed by atoms with van der Waals surface area (Å²) in [6.45, 7) is 0.733. The highest BCUT2D eigenvalue weighted by Crippen LogP contribution is 2.23. The fourth-order valence-corrected chi connectivity index (χ4v) is 2.13. The lowest BCUT2D eigenvalue weighted by atomic mass is 10.2. The SMILES string of the molecule is O=C(NC1=NCCS1)c1ccc(O)c(Cl)c1. The third-order valence-corrected chi connectivity index (χ3v) is 3.21. The molecule has 0 saturated carbocycles. The predicted molar refractivity (Wildman–Crippen MR) is 65.3 cm³/mol. The first kappa shape index (κ1) is 11.3. The van der Waals surface area contributed by atoms with Gasteiger partial charge in [0, 0.05) is 11.3 Å². The van der Waals surface area contributed by atoms with Crippen LogP contribution in [-0.2, 0) is 0 Å². The Kier molecular flexibility index (Phi) is 3.36. The van der Waals surface area contributed by atoms with Crippen molar-refractivity contribution in [3.05, 3.63) is 28.8 Å². The van der Waals surface area contributed by atoms with Crippen molar-refractivity contribution in [2.24, 2.45) is 4.99 Å². The number of thioether (sulfide) groups is 1. The van der Waals surface area contributed by atoms with Crippen LogP contribution in [0.1, 0.15) is 10.4 Å². The number of hydrogen-bond acceptors (Lipinski definition) is 4. The van der Waals surface area contributed by atoms with Gasteiger partial charge in [-0.2, -0.15) is 0 Å². The second kappa shape index (κ2) is 4.76. The maximum Gasteiger partial charge on any atom is 0.257 e. The lowest BCUT2D eigenvalue weighted by Crippen LogP contribution is -2.27. The molecule has 0 bridgehead atoms. The smallest absolute Gasteiger partial charge is 0.257 e. The Morgan fingerprint density at radius 2 is 2.38 bits per heavy atom. The van der Waals surface area contributed by atoms with E-state index in [0.29, 0.717) is 10.7 Å². The number of amides is 1. The molecule has 2 rings (SSSR count). The molecule has 0 saturated heterocycles. The molecule has 1 aliphatic heterocycles. The van der Waals surface area contributed by atoms with E-state index in [4.69, 9.17) is 11.6 Å². The summed E-state index contributed by atoms with van der Waals surface area (Å²) in [5.74, 6) is 0.590. The standard InChI is InChI=1S/C10H9ClN2O2S/c11-7-5-6(1-2-8(7)14)9(15)13-10-12-3-4-16-10/h1-2,5,14H,3-4H2,(H,12,13,15). The molecule has 1 aliphatic rings. The number of halogens is 1. The number of phenolic OH excluding ortho intramolecular Hbond substituents is 1. The molecule has 1 aromatic carbocycles. The van der Waals surface area contributed by atoms with Gasteiger partial charge >= 0.3 is 0 Å². The van der Waals surface area contributed by atoms with Crippen LogP contribution in [0.15, 0.2) is 23.2 Å². The Balaban J connectivity index is 2.11. The van der Waals surface area contributed by atoms with Crippen LogP contribution in [0, 0.1) is 0 Å². The lowest BCUT2D eigenvalue weighted by Gasteiger charge is -2.04. The van der Waals surface area contributed by atoms with Crippen molar-refractivity contribution in [2.45, 2.75) is 0 Å². The van der Waals surface area contributed by atoms with Gasteiger partial charge in [0.05, 0.1) is 11.6 Å². The fourth-order valence-electron chi connectivity index (χ4n) is 1.23. The van der Waals surface area contributed by atoms with Gasteiger partial charge in [0.15, 0.2) is 5.17 Å². The Bertz CT molecular complexity index is 462. The molecule has 0 spiro atoms. The Morgan fingerprint density at radius 1 is 1.56 bits per heavy atom. The van der Waals surface area contributed by atoms with Crippen molar-refractivity contribution in [3.8, 4) is 5.75 Å². The van der Waals surface area contributed by atoms with Crippen LogP contribution < -0.4 is 5.32 Å². The molecular formula is C10H9ClN2O2S. The van der Waals surface area contributed by atoms with Crippen molar-refractivity contribution in [2.75, 3.05) is 12.3 Å². The molecule has 84 valence electrons. The topological polar surface area (TPSA) is 61.7 Å². The highest BCUT2D eigenvalue weighted by Gasteiger charge is 2.13. The third kappa shape index (κ3) is 2.48. The molecule has 4 nitrogen and oxygen atoms in total. The van der Waals surface area contributed by atoms with E-state index in [1.807, 2.05) is 0 Å². The maximum absolute atomic E-state index is 11.7.